The first kappa shape index (κ1) is 34.1. The van der Waals surface area contributed by atoms with Crippen molar-refractivity contribution in [3.63, 3.8) is 0 Å². The van der Waals surface area contributed by atoms with Crippen molar-refractivity contribution in [2.45, 2.75) is 27.7 Å². The predicted molar refractivity (Wildman–Crippen MR) is 166 cm³/mol. The van der Waals surface area contributed by atoms with E-state index in [2.05, 4.69) is 26.3 Å². The Labute approximate surface area is 257 Å². The SMILES string of the molecule is C=C(C)C(=O)Oc1ccc(-c2cc(OC(=O)C(=C)C)c(-c3ccc(OC(=O)C(=C)C)cc3)cc2OC(=O)C(=C)C)cc1.[S-2]. The Balaban J connectivity index is 0.00000645. The zero-order valence-electron chi connectivity index (χ0n) is 24.3. The quantitative estimate of drug-likeness (QED) is 0.140. The van der Waals surface area contributed by atoms with E-state index < -0.39 is 23.9 Å². The van der Waals surface area contributed by atoms with Crippen molar-refractivity contribution in [2.24, 2.45) is 0 Å². The lowest BCUT2D eigenvalue weighted by Crippen LogP contribution is -2.11. The zero-order valence-corrected chi connectivity index (χ0v) is 25.1. The molecular weight excluding hydrogens is 568 g/mol. The molecular formula is C34H30O8S-2. The lowest BCUT2D eigenvalue weighted by Gasteiger charge is -2.17. The zero-order chi connectivity index (χ0) is 31.1. The van der Waals surface area contributed by atoms with Gasteiger partial charge in [-0.15, -0.1) is 0 Å². The molecule has 0 aliphatic carbocycles. The number of carbonyl (C=O) groups excluding carboxylic acids is 4. The second-order valence-electron chi connectivity index (χ2n) is 9.57. The second kappa shape index (κ2) is 14.7. The number of rotatable bonds is 10. The molecule has 222 valence electrons. The Morgan fingerprint density at radius 1 is 0.465 bits per heavy atom. The fraction of sp³-hybridized carbons (Fsp3) is 0.118. The third kappa shape index (κ3) is 8.92. The summed E-state index contributed by atoms with van der Waals surface area (Å²) in [6.45, 7) is 20.6. The van der Waals surface area contributed by atoms with Crippen molar-refractivity contribution in [1.82, 2.24) is 0 Å². The summed E-state index contributed by atoms with van der Waals surface area (Å²) in [5, 5.41) is 0. The highest BCUT2D eigenvalue weighted by atomic mass is 32.1. The molecule has 0 bridgehead atoms. The predicted octanol–water partition coefficient (Wildman–Crippen LogP) is 6.94. The first-order chi connectivity index (χ1) is 19.8. The van der Waals surface area contributed by atoms with E-state index in [-0.39, 0.29) is 58.8 Å². The van der Waals surface area contributed by atoms with Crippen LogP contribution < -0.4 is 18.9 Å². The van der Waals surface area contributed by atoms with E-state index in [1.54, 1.807) is 60.7 Å². The number of esters is 4. The maximum absolute atomic E-state index is 12.6. The van der Waals surface area contributed by atoms with Crippen LogP contribution in [0.5, 0.6) is 23.0 Å². The first-order valence-corrected chi connectivity index (χ1v) is 12.7. The molecule has 0 aromatic heterocycles. The molecule has 0 heterocycles. The average Bonchev–Trinajstić information content (AvgIpc) is 2.94. The van der Waals surface area contributed by atoms with E-state index in [0.717, 1.165) is 0 Å². The topological polar surface area (TPSA) is 105 Å². The highest BCUT2D eigenvalue weighted by Crippen LogP contribution is 2.42. The van der Waals surface area contributed by atoms with Gasteiger partial charge in [-0.3, -0.25) is 0 Å². The minimum atomic E-state index is -0.664. The van der Waals surface area contributed by atoms with Crippen molar-refractivity contribution in [2.75, 3.05) is 0 Å². The van der Waals surface area contributed by atoms with Crippen LogP contribution in [0.25, 0.3) is 22.3 Å². The van der Waals surface area contributed by atoms with E-state index >= 15 is 0 Å². The average molecular weight is 599 g/mol. The Morgan fingerprint density at radius 2 is 0.721 bits per heavy atom. The van der Waals surface area contributed by atoms with E-state index in [9.17, 15) is 19.2 Å². The number of benzene rings is 3. The molecule has 0 saturated heterocycles. The number of ether oxygens (including phenoxy) is 4. The molecule has 0 aliphatic heterocycles. The summed E-state index contributed by atoms with van der Waals surface area (Å²) < 4.78 is 21.9. The maximum Gasteiger partial charge on any atom is 0.338 e. The van der Waals surface area contributed by atoms with E-state index in [4.69, 9.17) is 18.9 Å². The van der Waals surface area contributed by atoms with Gasteiger partial charge in [0.1, 0.15) is 23.0 Å². The van der Waals surface area contributed by atoms with Gasteiger partial charge in [0.2, 0.25) is 0 Å². The smallest absolute Gasteiger partial charge is 0.338 e. The molecule has 0 radical (unpaired) electrons. The van der Waals surface area contributed by atoms with Crippen molar-refractivity contribution in [3.05, 3.63) is 109 Å². The standard InChI is InChI=1S/C34H30O8.S/c1-19(2)31(35)39-25-13-9-23(10-14-25)27-17-30(42-34(38)22(7)8)28(18-29(27)41-33(37)21(5)6)24-11-15-26(16-12-24)40-32(36)20(3)4;/h9-18H,1,3,5,7H2,2,4,6,8H3;/q;-2. The van der Waals surface area contributed by atoms with E-state index in [1.807, 2.05) is 0 Å². The summed E-state index contributed by atoms with van der Waals surface area (Å²) in [6, 6.07) is 16.0. The molecule has 43 heavy (non-hydrogen) atoms. The first-order valence-electron chi connectivity index (χ1n) is 12.7. The molecule has 3 aromatic rings. The summed E-state index contributed by atoms with van der Waals surface area (Å²) in [4.78, 5) is 49.0. The molecule has 0 unspecified atom stereocenters. The molecule has 0 saturated carbocycles. The Morgan fingerprint density at radius 3 is 0.977 bits per heavy atom. The Bertz CT molecular complexity index is 1510. The molecule has 8 nitrogen and oxygen atoms in total. The van der Waals surface area contributed by atoms with Gasteiger partial charge in [-0.05, 0) is 75.2 Å². The van der Waals surface area contributed by atoms with Crippen LogP contribution in [0.3, 0.4) is 0 Å². The van der Waals surface area contributed by atoms with Crippen LogP contribution in [0.4, 0.5) is 0 Å². The van der Waals surface area contributed by atoms with Crippen LogP contribution in [0.2, 0.25) is 0 Å². The van der Waals surface area contributed by atoms with Crippen LogP contribution in [-0.4, -0.2) is 23.9 Å². The largest absolute Gasteiger partial charge is 2.00 e. The van der Waals surface area contributed by atoms with Gasteiger partial charge >= 0.3 is 23.9 Å². The minimum absolute atomic E-state index is 0. The van der Waals surface area contributed by atoms with Crippen molar-refractivity contribution in [3.8, 4) is 45.3 Å². The molecule has 0 spiro atoms. The number of hydrogen-bond acceptors (Lipinski definition) is 8. The van der Waals surface area contributed by atoms with Crippen molar-refractivity contribution < 1.29 is 38.1 Å². The van der Waals surface area contributed by atoms with Gasteiger partial charge in [0, 0.05) is 33.4 Å². The molecule has 0 atom stereocenters. The number of carbonyl (C=O) groups is 4. The van der Waals surface area contributed by atoms with Gasteiger partial charge in [0.25, 0.3) is 0 Å². The summed E-state index contributed by atoms with van der Waals surface area (Å²) in [6.07, 6.45) is 0. The summed E-state index contributed by atoms with van der Waals surface area (Å²) >= 11 is 0. The highest BCUT2D eigenvalue weighted by molar-refractivity contribution is 7.37. The number of hydrogen-bond donors (Lipinski definition) is 0. The van der Waals surface area contributed by atoms with Gasteiger partial charge in [0.15, 0.2) is 0 Å². The summed E-state index contributed by atoms with van der Waals surface area (Å²) in [5.41, 5.74) is 2.78. The van der Waals surface area contributed by atoms with Crippen molar-refractivity contribution >= 4 is 37.4 Å². The van der Waals surface area contributed by atoms with E-state index in [0.29, 0.717) is 22.3 Å². The summed E-state index contributed by atoms with van der Waals surface area (Å²) in [7, 11) is 0. The molecule has 0 aliphatic rings. The normalized spacial score (nSPS) is 9.95. The van der Waals surface area contributed by atoms with Gasteiger partial charge in [-0.1, -0.05) is 50.6 Å². The van der Waals surface area contributed by atoms with Crippen LogP contribution in [0.15, 0.2) is 109 Å². The molecule has 0 N–H and O–H groups in total. The van der Waals surface area contributed by atoms with Crippen LogP contribution in [0.1, 0.15) is 27.7 Å². The van der Waals surface area contributed by atoms with Crippen LogP contribution in [-0.2, 0) is 32.7 Å². The Hall–Kier alpha value is -5.15. The van der Waals surface area contributed by atoms with Gasteiger partial charge in [-0.25, -0.2) is 19.2 Å². The maximum atomic E-state index is 12.6. The molecule has 9 heteroatoms. The molecule has 3 aromatic carbocycles. The molecule has 0 amide bonds. The summed E-state index contributed by atoms with van der Waals surface area (Å²) in [5.74, 6) is -1.60. The van der Waals surface area contributed by atoms with Crippen LogP contribution in [0, 0.1) is 0 Å². The highest BCUT2D eigenvalue weighted by Gasteiger charge is 2.21. The second-order valence-corrected chi connectivity index (χ2v) is 9.57. The van der Waals surface area contributed by atoms with E-state index in [1.165, 1.54) is 27.7 Å². The van der Waals surface area contributed by atoms with Gasteiger partial charge in [0.05, 0.1) is 0 Å². The lowest BCUT2D eigenvalue weighted by atomic mass is 9.97. The Kier molecular flexibility index (Phi) is 11.6. The monoisotopic (exact) mass is 598 g/mol. The fourth-order valence-electron chi connectivity index (χ4n) is 3.35. The minimum Gasteiger partial charge on any atom is -2.00 e. The molecule has 0 fully saturated rings. The lowest BCUT2D eigenvalue weighted by molar-refractivity contribution is -0.131. The third-order valence-corrected chi connectivity index (χ3v) is 5.63. The van der Waals surface area contributed by atoms with Crippen LogP contribution >= 0.6 is 0 Å². The third-order valence-electron chi connectivity index (χ3n) is 5.63. The van der Waals surface area contributed by atoms with Gasteiger partial charge < -0.3 is 32.4 Å². The van der Waals surface area contributed by atoms with Gasteiger partial charge in [-0.2, -0.15) is 0 Å². The van der Waals surface area contributed by atoms with Crippen molar-refractivity contribution in [1.29, 1.82) is 0 Å². The molecule has 3 rings (SSSR count). The fourth-order valence-corrected chi connectivity index (χ4v) is 3.35.